The number of hydrogen-bond donors (Lipinski definition) is 4. The third-order valence-electron chi connectivity index (χ3n) is 8.48. The van der Waals surface area contributed by atoms with Crippen molar-refractivity contribution >= 4 is 35.0 Å². The first-order chi connectivity index (χ1) is 20.8. The molecule has 1 fully saturated rings. The van der Waals surface area contributed by atoms with Gasteiger partial charge in [-0.15, -0.1) is 0 Å². The molecule has 234 valence electrons. The van der Waals surface area contributed by atoms with E-state index in [2.05, 4.69) is 10.6 Å². The van der Waals surface area contributed by atoms with Gasteiger partial charge in [0.05, 0.1) is 29.4 Å². The predicted molar refractivity (Wildman–Crippen MR) is 171 cm³/mol. The van der Waals surface area contributed by atoms with Gasteiger partial charge in [0.25, 0.3) is 11.8 Å². The second-order valence-electron chi connectivity index (χ2n) is 12.1. The number of methoxy groups -OCH3 is 1. The Morgan fingerprint density at radius 2 is 1.75 bits per heavy atom. The highest BCUT2D eigenvalue weighted by Gasteiger charge is 2.49. The minimum atomic E-state index is -1.66. The van der Waals surface area contributed by atoms with Crippen molar-refractivity contribution in [2.24, 2.45) is 5.41 Å². The van der Waals surface area contributed by atoms with Crippen molar-refractivity contribution in [3.63, 3.8) is 0 Å². The van der Waals surface area contributed by atoms with Crippen LogP contribution in [0, 0.1) is 19.3 Å². The first-order valence-corrected chi connectivity index (χ1v) is 15.0. The number of benzene rings is 3. The average Bonchev–Trinajstić information content (AvgIpc) is 3.31. The summed E-state index contributed by atoms with van der Waals surface area (Å²) in [6.45, 7) is 8.47. The molecule has 0 radical (unpaired) electrons. The van der Waals surface area contributed by atoms with E-state index >= 15 is 0 Å². The van der Waals surface area contributed by atoms with E-state index in [0.717, 1.165) is 22.3 Å². The van der Waals surface area contributed by atoms with Gasteiger partial charge in [0.15, 0.2) is 6.10 Å². The number of nitrogens with zero attached hydrogens (tertiary/aromatic N) is 1. The lowest BCUT2D eigenvalue weighted by Crippen LogP contribution is -2.57. The molecule has 10 heteroatoms. The molecule has 5 N–H and O–H groups in total. The lowest BCUT2D eigenvalue weighted by molar-refractivity contribution is -0.148. The average molecular weight is 621 g/mol. The molecule has 3 atom stereocenters. The summed E-state index contributed by atoms with van der Waals surface area (Å²) in [6, 6.07) is 15.9. The van der Waals surface area contributed by atoms with Gasteiger partial charge in [-0.05, 0) is 78.6 Å². The largest absolute Gasteiger partial charge is 0.497 e. The maximum absolute atomic E-state index is 14.0. The van der Waals surface area contributed by atoms with Gasteiger partial charge in [-0.1, -0.05) is 61.8 Å². The number of nitrogen functional groups attached to an aromatic ring is 1. The second-order valence-corrected chi connectivity index (χ2v) is 12.4. The zero-order valence-electron chi connectivity index (χ0n) is 25.8. The molecule has 3 aromatic carbocycles. The molecule has 0 aliphatic carbocycles. The molecule has 44 heavy (non-hydrogen) atoms. The molecule has 1 unspecified atom stereocenters. The van der Waals surface area contributed by atoms with Gasteiger partial charge in [0.1, 0.15) is 11.8 Å². The van der Waals surface area contributed by atoms with Crippen LogP contribution in [0.2, 0.25) is 5.02 Å². The predicted octanol–water partition coefficient (Wildman–Crippen LogP) is 4.19. The van der Waals surface area contributed by atoms with Crippen LogP contribution in [0.25, 0.3) is 0 Å². The molecule has 0 saturated carbocycles. The number of halogens is 1. The Bertz CT molecular complexity index is 1520. The van der Waals surface area contributed by atoms with Crippen molar-refractivity contribution in [1.82, 2.24) is 15.5 Å². The van der Waals surface area contributed by atoms with Gasteiger partial charge in [0.2, 0.25) is 5.91 Å². The molecule has 0 aromatic heterocycles. The number of aryl methyl sites for hydroxylation is 2. The Labute approximate surface area is 263 Å². The Hall–Kier alpha value is -4.08. The fourth-order valence-corrected chi connectivity index (χ4v) is 6.05. The number of nitrogens with two attached hydrogens (primary N) is 1. The van der Waals surface area contributed by atoms with E-state index in [1.165, 1.54) is 11.0 Å². The molecular formula is C34H41ClN4O5. The van der Waals surface area contributed by atoms with Gasteiger partial charge in [-0.2, -0.15) is 0 Å². The molecule has 3 aromatic rings. The SMILES string of the molecule is COc1cccc(C[C@H](NC(=O)c2cccc(N)c2Cl)[C@H](O)C(=O)N2CCC(C)(C)C2C(=O)NCc2c(C)cccc2C)c1. The van der Waals surface area contributed by atoms with E-state index in [4.69, 9.17) is 22.1 Å². The number of amides is 3. The first kappa shape index (κ1) is 32.8. The number of aliphatic hydroxyl groups excluding tert-OH is 1. The number of likely N-dealkylation sites (tertiary alicyclic amines) is 1. The van der Waals surface area contributed by atoms with E-state index in [0.29, 0.717) is 18.7 Å². The monoisotopic (exact) mass is 620 g/mol. The third kappa shape index (κ3) is 7.17. The third-order valence-corrected chi connectivity index (χ3v) is 8.90. The maximum atomic E-state index is 14.0. The van der Waals surface area contributed by atoms with Gasteiger partial charge in [-0.3, -0.25) is 14.4 Å². The topological polar surface area (TPSA) is 134 Å². The number of hydrogen-bond acceptors (Lipinski definition) is 6. The Morgan fingerprint density at radius 3 is 2.43 bits per heavy atom. The summed E-state index contributed by atoms with van der Waals surface area (Å²) < 4.78 is 5.34. The number of carbonyl (C=O) groups is 3. The van der Waals surface area contributed by atoms with E-state index in [-0.39, 0.29) is 35.1 Å². The van der Waals surface area contributed by atoms with Crippen molar-refractivity contribution in [3.8, 4) is 5.75 Å². The Kier molecular flexibility index (Phi) is 10.2. The van der Waals surface area contributed by atoms with E-state index < -0.39 is 35.4 Å². The van der Waals surface area contributed by atoms with E-state index in [1.54, 1.807) is 37.4 Å². The van der Waals surface area contributed by atoms with Crippen LogP contribution < -0.4 is 21.1 Å². The summed E-state index contributed by atoms with van der Waals surface area (Å²) in [4.78, 5) is 42.5. The zero-order valence-corrected chi connectivity index (χ0v) is 26.6. The fourth-order valence-electron chi connectivity index (χ4n) is 5.84. The van der Waals surface area contributed by atoms with Crippen LogP contribution in [0.4, 0.5) is 5.69 Å². The number of ether oxygens (including phenoxy) is 1. The number of anilines is 1. The van der Waals surface area contributed by atoms with Crippen LogP contribution in [-0.2, 0) is 22.6 Å². The number of aliphatic hydroxyl groups is 1. The molecule has 4 rings (SSSR count). The van der Waals surface area contributed by atoms with Crippen LogP contribution in [0.3, 0.4) is 0 Å². The highest BCUT2D eigenvalue weighted by Crippen LogP contribution is 2.37. The molecule has 1 saturated heterocycles. The Balaban J connectivity index is 1.59. The lowest BCUT2D eigenvalue weighted by atomic mass is 9.84. The van der Waals surface area contributed by atoms with Crippen LogP contribution in [0.1, 0.15) is 52.9 Å². The summed E-state index contributed by atoms with van der Waals surface area (Å²) in [6.07, 6.45) is -0.984. The molecule has 0 spiro atoms. The number of nitrogens with one attached hydrogen (secondary N) is 2. The summed E-state index contributed by atoms with van der Waals surface area (Å²) in [5.74, 6) is -0.939. The summed E-state index contributed by atoms with van der Waals surface area (Å²) in [7, 11) is 1.54. The zero-order chi connectivity index (χ0) is 32.2. The summed E-state index contributed by atoms with van der Waals surface area (Å²) in [5.41, 5.74) is 9.60. The molecule has 1 aliphatic rings. The minimum absolute atomic E-state index is 0.0767. The standard InChI is InChI=1S/C34H41ClN4O5/c1-20-9-6-10-21(2)25(20)19-37-32(42)30-34(3,4)15-16-39(30)33(43)29(40)27(18-22-11-7-12-23(17-22)44-5)38-31(41)24-13-8-14-26(36)28(24)35/h6-14,17,27,29-30,40H,15-16,18-19,36H2,1-5H3,(H,37,42)(H,38,41)/t27-,29-,30?/m0/s1. The molecule has 9 nitrogen and oxygen atoms in total. The minimum Gasteiger partial charge on any atom is -0.497 e. The van der Waals surface area contributed by atoms with Crippen LogP contribution >= 0.6 is 11.6 Å². The van der Waals surface area contributed by atoms with Crippen molar-refractivity contribution in [2.75, 3.05) is 19.4 Å². The van der Waals surface area contributed by atoms with Crippen LogP contribution in [0.5, 0.6) is 5.75 Å². The Morgan fingerprint density at radius 1 is 1.09 bits per heavy atom. The second kappa shape index (κ2) is 13.7. The first-order valence-electron chi connectivity index (χ1n) is 14.6. The fraction of sp³-hybridized carbons (Fsp3) is 0.382. The molecule has 1 heterocycles. The van der Waals surface area contributed by atoms with Gasteiger partial charge in [-0.25, -0.2) is 0 Å². The lowest BCUT2D eigenvalue weighted by Gasteiger charge is -2.34. The molecule has 1 aliphatic heterocycles. The normalized spacial score (nSPS) is 17.1. The molecular weight excluding hydrogens is 580 g/mol. The van der Waals surface area contributed by atoms with E-state index in [1.807, 2.05) is 52.0 Å². The highest BCUT2D eigenvalue weighted by molar-refractivity contribution is 6.36. The van der Waals surface area contributed by atoms with Crippen molar-refractivity contribution in [1.29, 1.82) is 0 Å². The smallest absolute Gasteiger partial charge is 0.254 e. The summed E-state index contributed by atoms with van der Waals surface area (Å²) >= 11 is 6.31. The maximum Gasteiger partial charge on any atom is 0.254 e. The van der Waals surface area contributed by atoms with E-state index in [9.17, 15) is 19.5 Å². The molecule has 3 amide bonds. The van der Waals surface area contributed by atoms with Crippen molar-refractivity contribution in [2.45, 2.75) is 65.3 Å². The van der Waals surface area contributed by atoms with Crippen molar-refractivity contribution in [3.05, 3.63) is 93.5 Å². The van der Waals surface area contributed by atoms with Gasteiger partial charge >= 0.3 is 0 Å². The number of carbonyl (C=O) groups excluding carboxylic acids is 3. The van der Waals surface area contributed by atoms with Crippen LogP contribution in [0.15, 0.2) is 60.7 Å². The molecule has 0 bridgehead atoms. The highest BCUT2D eigenvalue weighted by atomic mass is 35.5. The van der Waals surface area contributed by atoms with Gasteiger partial charge in [0, 0.05) is 13.1 Å². The van der Waals surface area contributed by atoms with Crippen molar-refractivity contribution < 1.29 is 24.2 Å². The number of rotatable bonds is 10. The van der Waals surface area contributed by atoms with Gasteiger partial charge < -0.3 is 31.1 Å². The summed E-state index contributed by atoms with van der Waals surface area (Å²) in [5, 5.41) is 17.5. The quantitative estimate of drug-likeness (QED) is 0.251. The van der Waals surface area contributed by atoms with Crippen LogP contribution in [-0.4, -0.2) is 59.6 Å².